The molecule has 53 heavy (non-hydrogen) atoms. The lowest BCUT2D eigenvalue weighted by molar-refractivity contribution is -0.569. The Kier molecular flexibility index (Phi) is 23.9. The van der Waals surface area contributed by atoms with E-state index in [9.17, 15) is 61.5 Å². The first-order chi connectivity index (χ1) is 25.4. The molecule has 0 amide bonds. The maximum atomic E-state index is 14.1. The van der Waals surface area contributed by atoms with E-state index in [4.69, 9.17) is 4.74 Å². The van der Waals surface area contributed by atoms with Gasteiger partial charge in [0.15, 0.2) is 108 Å². The molecule has 316 valence electrons. The molecule has 0 aliphatic heterocycles. The topological polar surface area (TPSA) is 138 Å². The van der Waals surface area contributed by atoms with Gasteiger partial charge in [0.2, 0.25) is 0 Å². The van der Waals surface area contributed by atoms with Crippen LogP contribution in [0.1, 0.15) is 0 Å². The zero-order valence-corrected chi connectivity index (χ0v) is 26.7. The Labute approximate surface area is 289 Å². The number of rotatable bonds is 36. The van der Waals surface area contributed by atoms with E-state index in [2.05, 4.69) is 79.5 Å². The van der Waals surface area contributed by atoms with Gasteiger partial charge in [-0.25, -0.2) is 61.5 Å². The van der Waals surface area contributed by atoms with E-state index < -0.39 is 143 Å². The molecule has 0 radical (unpaired) electrons. The molecule has 15 nitrogen and oxygen atoms in total. The molecule has 0 spiro atoms. The molecule has 0 rings (SSSR count). The summed E-state index contributed by atoms with van der Waals surface area (Å²) in [7, 11) is 0. The minimum Gasteiger partial charge on any atom is -0.455 e. The number of halogens is 14. The van der Waals surface area contributed by atoms with Gasteiger partial charge in [0, 0.05) is 0 Å². The maximum absolute atomic E-state index is 14.1. The molecule has 0 saturated heterocycles. The Morgan fingerprint density at radius 2 is 0.453 bits per heavy atom. The number of hydrogen-bond donors (Lipinski definition) is 0. The molecule has 0 bridgehead atoms. The predicted octanol–water partition coefficient (Wildman–Crippen LogP) is 5.33. The molecule has 0 heterocycles. The summed E-state index contributed by atoms with van der Waals surface area (Å²) < 4.78 is 262. The largest absolute Gasteiger partial charge is 0.455 e. The average Bonchev–Trinajstić information content (AvgIpc) is 3.11. The Bertz CT molecular complexity index is 893. The summed E-state index contributed by atoms with van der Waals surface area (Å²) in [5, 5.41) is 0. The lowest BCUT2D eigenvalue weighted by Gasteiger charge is -2.54. The monoisotopic (exact) mass is 826 g/mol. The Balaban J connectivity index is 8.52. The normalized spacial score (nSPS) is 13.5. The summed E-state index contributed by atoms with van der Waals surface area (Å²) in [5.74, 6) is -30.8. The van der Waals surface area contributed by atoms with Crippen LogP contribution in [0.3, 0.4) is 0 Å². The van der Waals surface area contributed by atoms with Crippen LogP contribution in [0, 0.1) is 0 Å². The van der Waals surface area contributed by atoms with Crippen molar-refractivity contribution in [2.75, 3.05) is 96.0 Å². The third-order valence-corrected chi connectivity index (χ3v) is 6.18. The molecule has 0 atom stereocenters. The maximum Gasteiger partial charge on any atom is 0.354 e. The van der Waals surface area contributed by atoms with E-state index in [0.29, 0.717) is 0 Å². The predicted molar refractivity (Wildman–Crippen MR) is 135 cm³/mol. The second-order valence-electron chi connectivity index (χ2n) is 8.08. The van der Waals surface area contributed by atoms with Gasteiger partial charge in [-0.15, -0.1) is 0 Å². The van der Waals surface area contributed by atoms with Crippen LogP contribution in [0.2, 0.25) is 0 Å². The molecular formula is C24H32F14O15. The summed E-state index contributed by atoms with van der Waals surface area (Å²) in [6, 6.07) is 0. The summed E-state index contributed by atoms with van der Waals surface area (Å²) in [6.07, 6.45) is 0. The van der Waals surface area contributed by atoms with E-state index in [1.54, 1.807) is 0 Å². The number of alkyl halides is 14. The molecular weight excluding hydrogens is 794 g/mol. The minimum absolute atomic E-state index is 2.06. The van der Waals surface area contributed by atoms with E-state index in [1.165, 1.54) is 0 Å². The van der Waals surface area contributed by atoms with Crippen molar-refractivity contribution in [1.82, 2.24) is 0 Å². The SMILES string of the molecule is C=C(OC(=C)C(OCF)(OCF)C(OCF)(OCF)C(OCF)(OCF)OCF)C(OCF)(OCF)C(OCF)(OCF)C(OCF)(OCF)OCF. The first-order valence-electron chi connectivity index (χ1n) is 13.3. The Morgan fingerprint density at radius 3 is 0.604 bits per heavy atom. The highest BCUT2D eigenvalue weighted by Gasteiger charge is 2.78. The standard InChI is InChI=1S/C24H32F14O15/c1-17(19(39-3-25,40-4-26)21(43-7-29,44-8-30)23(47-11-33,48-12-34)49-13-35)53-18(2)20(41-5-27,42-6-28)22(45-9-31,46-10-32)24(50-14-36,51-15-37)52-16-38/h1-16H2. The second kappa shape index (κ2) is 25.0. The van der Waals surface area contributed by atoms with Gasteiger partial charge < -0.3 is 42.6 Å². The van der Waals surface area contributed by atoms with E-state index in [0.717, 1.165) is 0 Å². The van der Waals surface area contributed by atoms with Gasteiger partial charge >= 0.3 is 23.5 Å². The van der Waals surface area contributed by atoms with Gasteiger partial charge in [0.05, 0.1) is 0 Å². The van der Waals surface area contributed by atoms with Crippen molar-refractivity contribution in [2.24, 2.45) is 0 Å². The van der Waals surface area contributed by atoms with Gasteiger partial charge in [-0.05, 0) is 0 Å². The summed E-state index contributed by atoms with van der Waals surface area (Å²) >= 11 is 0. The molecule has 0 fully saturated rings. The molecule has 0 aromatic rings. The van der Waals surface area contributed by atoms with Crippen molar-refractivity contribution in [3.63, 3.8) is 0 Å². The minimum atomic E-state index is -4.55. The van der Waals surface area contributed by atoms with E-state index in [-0.39, 0.29) is 0 Å². The van der Waals surface area contributed by atoms with Gasteiger partial charge in [-0.2, -0.15) is 0 Å². The van der Waals surface area contributed by atoms with Crippen molar-refractivity contribution in [1.29, 1.82) is 0 Å². The van der Waals surface area contributed by atoms with Crippen molar-refractivity contribution in [3.8, 4) is 0 Å². The van der Waals surface area contributed by atoms with Crippen LogP contribution >= 0.6 is 0 Å². The van der Waals surface area contributed by atoms with Crippen LogP contribution in [0.4, 0.5) is 61.5 Å². The van der Waals surface area contributed by atoms with Crippen LogP contribution < -0.4 is 0 Å². The third kappa shape index (κ3) is 10.1. The van der Waals surface area contributed by atoms with Crippen LogP contribution in [0.5, 0.6) is 0 Å². The van der Waals surface area contributed by atoms with Crippen LogP contribution in [0.15, 0.2) is 24.7 Å². The first kappa shape index (κ1) is 50.7. The van der Waals surface area contributed by atoms with Gasteiger partial charge in [0.25, 0.3) is 11.6 Å². The van der Waals surface area contributed by atoms with Crippen LogP contribution in [-0.4, -0.2) is 131 Å². The molecule has 0 saturated carbocycles. The fourth-order valence-electron chi connectivity index (χ4n) is 4.52. The second-order valence-corrected chi connectivity index (χ2v) is 8.08. The lowest BCUT2D eigenvalue weighted by Crippen LogP contribution is -2.76. The summed E-state index contributed by atoms with van der Waals surface area (Å²) in [4.78, 5) is 0. The van der Waals surface area contributed by atoms with Crippen molar-refractivity contribution in [2.45, 2.75) is 35.1 Å². The quantitative estimate of drug-likeness (QED) is 0.0457. The lowest BCUT2D eigenvalue weighted by atomic mass is 9.97. The van der Waals surface area contributed by atoms with Gasteiger partial charge in [0.1, 0.15) is 0 Å². The molecule has 0 unspecified atom stereocenters. The smallest absolute Gasteiger partial charge is 0.354 e. The fraction of sp³-hybridized carbons (Fsp3) is 0.833. The van der Waals surface area contributed by atoms with Crippen molar-refractivity contribution in [3.05, 3.63) is 24.7 Å². The van der Waals surface area contributed by atoms with E-state index in [1.807, 2.05) is 0 Å². The Hall–Kier alpha value is -2.26. The number of hydrogen-bond acceptors (Lipinski definition) is 15. The molecule has 29 heteroatoms. The molecule has 0 N–H and O–H groups in total. The highest BCUT2D eigenvalue weighted by Crippen LogP contribution is 2.53. The zero-order chi connectivity index (χ0) is 40.7. The molecule has 0 aliphatic carbocycles. The first-order valence-corrected chi connectivity index (χ1v) is 13.3. The molecule has 0 aromatic carbocycles. The number of ether oxygens (including phenoxy) is 15. The van der Waals surface area contributed by atoms with Crippen molar-refractivity contribution < 1.29 is 133 Å². The Morgan fingerprint density at radius 1 is 0.283 bits per heavy atom. The average molecular weight is 826 g/mol. The fourth-order valence-corrected chi connectivity index (χ4v) is 4.52. The highest BCUT2D eigenvalue weighted by atomic mass is 19.2. The van der Waals surface area contributed by atoms with Crippen molar-refractivity contribution >= 4 is 0 Å². The third-order valence-electron chi connectivity index (χ3n) is 6.18. The molecule has 0 aliphatic rings. The zero-order valence-electron chi connectivity index (χ0n) is 26.7. The van der Waals surface area contributed by atoms with Gasteiger partial charge in [-0.3, -0.25) is 28.4 Å². The summed E-state index contributed by atoms with van der Waals surface area (Å²) in [5.41, 5.74) is 0. The van der Waals surface area contributed by atoms with Crippen LogP contribution in [-0.2, 0) is 71.1 Å². The highest BCUT2D eigenvalue weighted by molar-refractivity contribution is 5.20. The molecule has 0 aromatic heterocycles. The van der Waals surface area contributed by atoms with Gasteiger partial charge in [-0.1, -0.05) is 13.2 Å². The summed E-state index contributed by atoms with van der Waals surface area (Å²) in [6.45, 7) is -28.4. The van der Waals surface area contributed by atoms with Crippen LogP contribution in [0.25, 0.3) is 0 Å². The van der Waals surface area contributed by atoms with E-state index >= 15 is 0 Å².